The van der Waals surface area contributed by atoms with Crippen LogP contribution in [-0.4, -0.2) is 54.8 Å². The van der Waals surface area contributed by atoms with Gasteiger partial charge in [0.05, 0.1) is 28.2 Å². The van der Waals surface area contributed by atoms with Gasteiger partial charge in [0.2, 0.25) is 0 Å². The second kappa shape index (κ2) is 9.82. The number of aliphatic carboxylic acids is 2. The monoisotopic (exact) mass is 230 g/mol. The normalized spacial score (nSPS) is 9.71. The smallest absolute Gasteiger partial charge is 1.00 e. The van der Waals surface area contributed by atoms with Gasteiger partial charge in [-0.25, -0.2) is 9.59 Å². The van der Waals surface area contributed by atoms with Crippen LogP contribution < -0.4 is 51.4 Å². The first-order valence-corrected chi connectivity index (χ1v) is 3.55. The van der Waals surface area contributed by atoms with Gasteiger partial charge in [-0.1, -0.05) is 0 Å². The number of nitrogens with zero attached hydrogens (tertiary/aromatic N) is 1. The van der Waals surface area contributed by atoms with Crippen LogP contribution in [0.3, 0.4) is 0 Å². The molecule has 0 heterocycles. The van der Waals surface area contributed by atoms with E-state index in [1.54, 1.807) is 0 Å². The minimum atomic E-state index is -1.26. The summed E-state index contributed by atoms with van der Waals surface area (Å²) in [4.78, 5) is 19.1. The van der Waals surface area contributed by atoms with Gasteiger partial charge in [0.15, 0.2) is 0 Å². The van der Waals surface area contributed by atoms with Gasteiger partial charge in [-0.05, 0) is 0 Å². The molecule has 0 saturated heterocycles. The number of carbonyl (C=O) groups is 2. The second-order valence-electron chi connectivity index (χ2n) is 3.69. The third kappa shape index (κ3) is 56.1. The zero-order chi connectivity index (χ0) is 11.1. The first kappa shape index (κ1) is 19.8. The van der Waals surface area contributed by atoms with Gasteiger partial charge >= 0.3 is 63.3 Å². The number of hydrogen-bond acceptors (Lipinski definition) is 2. The molecule has 78 valence electrons. The molecule has 0 aliphatic heterocycles. The predicted molar refractivity (Wildman–Crippen MR) is 49.5 cm³/mol. The van der Waals surface area contributed by atoms with E-state index in [9.17, 15) is 9.59 Å². The molecule has 0 aromatic rings. The Morgan fingerprint density at radius 3 is 1.21 bits per heavy atom. The van der Waals surface area contributed by atoms with Crippen LogP contribution in [0, 0.1) is 0 Å². The Labute approximate surface area is 128 Å². The van der Waals surface area contributed by atoms with Crippen molar-refractivity contribution in [2.24, 2.45) is 0 Å². The predicted octanol–water partition coefficient (Wildman–Crippen LogP) is -2.85. The molecule has 0 aliphatic rings. The molecule has 0 spiro atoms. The molecule has 6 heteroatoms. The molecule has 0 aliphatic carbocycles. The van der Waals surface area contributed by atoms with Gasteiger partial charge in [-0.2, -0.15) is 0 Å². The van der Waals surface area contributed by atoms with Gasteiger partial charge in [0, 0.05) is 12.2 Å². The zero-order valence-corrected chi connectivity index (χ0v) is 12.4. The molecule has 2 N–H and O–H groups in total. The van der Waals surface area contributed by atoms with E-state index in [-0.39, 0.29) is 52.8 Å². The SMILES string of the molecule is C[N+](C)(C)C.O=C(O)/C=C/C(=O)O.[H-].[K+]. The molecule has 0 aromatic heterocycles. The fraction of sp³-hybridized carbons (Fsp3) is 0.500. The average molecular weight is 230 g/mol. The Balaban J connectivity index is -0.0000000770. The van der Waals surface area contributed by atoms with E-state index in [0.717, 1.165) is 4.48 Å². The molecule has 0 radical (unpaired) electrons. The summed E-state index contributed by atoms with van der Waals surface area (Å²) in [6, 6.07) is 0. The number of carboxylic acid groups (broad SMARTS) is 2. The van der Waals surface area contributed by atoms with E-state index >= 15 is 0 Å². The number of carboxylic acids is 2. The van der Waals surface area contributed by atoms with Crippen LogP contribution in [0.2, 0.25) is 0 Å². The van der Waals surface area contributed by atoms with Crippen molar-refractivity contribution in [3.05, 3.63) is 12.2 Å². The molecule has 0 atom stereocenters. The number of quaternary nitrogens is 1. The fourth-order valence-electron chi connectivity index (χ4n) is 0.143. The van der Waals surface area contributed by atoms with Crippen molar-refractivity contribution in [1.29, 1.82) is 0 Å². The Bertz CT molecular complexity index is 191. The third-order valence-electron chi connectivity index (χ3n) is 0.368. The van der Waals surface area contributed by atoms with E-state index < -0.39 is 11.9 Å². The van der Waals surface area contributed by atoms with Gasteiger partial charge in [-0.15, -0.1) is 0 Å². The average Bonchev–Trinajstić information content (AvgIpc) is 1.79. The van der Waals surface area contributed by atoms with Crippen LogP contribution in [0.5, 0.6) is 0 Å². The van der Waals surface area contributed by atoms with E-state index in [1.807, 2.05) is 0 Å². The molecule has 0 unspecified atom stereocenters. The zero-order valence-electron chi connectivity index (χ0n) is 10.3. The van der Waals surface area contributed by atoms with E-state index in [1.165, 1.54) is 0 Å². The Kier molecular flexibility index (Phi) is 13.9. The molecule has 0 aromatic carbocycles. The largest absolute Gasteiger partial charge is 1.00 e. The standard InChI is InChI=1S/C4H12N.C4H4O4.K.H/c1-5(2,3)4;5-3(6)1-2-4(7)8;;/h1-4H3;1-2H,(H,5,6)(H,7,8);;/q+1;;+1;-1/b;2-1+;;. The summed E-state index contributed by atoms with van der Waals surface area (Å²) in [5, 5.41) is 15.6. The topological polar surface area (TPSA) is 74.6 Å². The first-order chi connectivity index (χ1) is 5.63. The number of rotatable bonds is 2. The summed E-state index contributed by atoms with van der Waals surface area (Å²) >= 11 is 0. The third-order valence-corrected chi connectivity index (χ3v) is 0.368. The van der Waals surface area contributed by atoms with E-state index in [4.69, 9.17) is 10.2 Å². The van der Waals surface area contributed by atoms with Crippen LogP contribution in [0.15, 0.2) is 12.2 Å². The number of hydrogen-bond donors (Lipinski definition) is 2. The molecule has 0 bridgehead atoms. The Morgan fingerprint density at radius 2 is 1.14 bits per heavy atom. The van der Waals surface area contributed by atoms with Crippen LogP contribution in [-0.2, 0) is 9.59 Å². The van der Waals surface area contributed by atoms with Crippen molar-refractivity contribution in [2.45, 2.75) is 0 Å². The van der Waals surface area contributed by atoms with Crippen LogP contribution >= 0.6 is 0 Å². The molecular formula is C8H17KNO4+. The summed E-state index contributed by atoms with van der Waals surface area (Å²) in [5.74, 6) is -2.51. The summed E-state index contributed by atoms with van der Waals surface area (Å²) in [7, 11) is 8.50. The van der Waals surface area contributed by atoms with E-state index in [0.29, 0.717) is 12.2 Å². The fourth-order valence-corrected chi connectivity index (χ4v) is 0.143. The molecule has 0 saturated carbocycles. The second-order valence-corrected chi connectivity index (χ2v) is 3.69. The summed E-state index contributed by atoms with van der Waals surface area (Å²) in [5.41, 5.74) is 0. The Morgan fingerprint density at radius 1 is 1.00 bits per heavy atom. The van der Waals surface area contributed by atoms with Crippen LogP contribution in [0.1, 0.15) is 1.43 Å². The Hall–Kier alpha value is 0.276. The van der Waals surface area contributed by atoms with Gasteiger partial charge < -0.3 is 16.1 Å². The van der Waals surface area contributed by atoms with Crippen LogP contribution in [0.25, 0.3) is 0 Å². The maximum Gasteiger partial charge on any atom is 1.00 e. The van der Waals surface area contributed by atoms with Crippen molar-refractivity contribution in [1.82, 2.24) is 0 Å². The molecule has 0 rings (SSSR count). The molecule has 14 heavy (non-hydrogen) atoms. The summed E-state index contributed by atoms with van der Waals surface area (Å²) in [6.07, 6.45) is 1.12. The molecule has 0 fully saturated rings. The van der Waals surface area contributed by atoms with Crippen LogP contribution in [0.4, 0.5) is 0 Å². The minimum absolute atomic E-state index is 0. The van der Waals surface area contributed by atoms with Crippen molar-refractivity contribution < 1.29 is 77.1 Å². The minimum Gasteiger partial charge on any atom is -1.00 e. The first-order valence-electron chi connectivity index (χ1n) is 3.55. The molecule has 0 amide bonds. The van der Waals surface area contributed by atoms with Gasteiger partial charge in [0.25, 0.3) is 0 Å². The molecule has 5 nitrogen and oxygen atoms in total. The van der Waals surface area contributed by atoms with Gasteiger partial charge in [0.1, 0.15) is 0 Å². The van der Waals surface area contributed by atoms with Crippen molar-refractivity contribution in [3.8, 4) is 0 Å². The maximum absolute atomic E-state index is 9.55. The summed E-state index contributed by atoms with van der Waals surface area (Å²) in [6.45, 7) is 0. The van der Waals surface area contributed by atoms with Crippen molar-refractivity contribution in [3.63, 3.8) is 0 Å². The maximum atomic E-state index is 9.55. The quantitative estimate of drug-likeness (QED) is 0.304. The molecular weight excluding hydrogens is 213 g/mol. The summed E-state index contributed by atoms with van der Waals surface area (Å²) < 4.78 is 1.00. The van der Waals surface area contributed by atoms with Crippen molar-refractivity contribution in [2.75, 3.05) is 28.2 Å². The van der Waals surface area contributed by atoms with E-state index in [2.05, 4.69) is 28.2 Å². The van der Waals surface area contributed by atoms with Gasteiger partial charge in [-0.3, -0.25) is 0 Å². The van der Waals surface area contributed by atoms with Crippen molar-refractivity contribution >= 4 is 11.9 Å².